The average Bonchev–Trinajstić information content (AvgIpc) is 3.49. The van der Waals surface area contributed by atoms with Crippen LogP contribution in [0.25, 0.3) is 92.8 Å². The number of hydrogen-bond donors (Lipinski definition) is 0. The lowest BCUT2D eigenvalue weighted by atomic mass is 9.86. The normalized spacial score (nSPS) is 11.9. The van der Waals surface area contributed by atoms with Crippen molar-refractivity contribution < 1.29 is 0 Å². The molecular formula is C47H31N. The molecule has 1 heteroatoms. The van der Waals surface area contributed by atoms with Gasteiger partial charge in [0, 0.05) is 16.5 Å². The summed E-state index contributed by atoms with van der Waals surface area (Å²) >= 11 is 0. The Morgan fingerprint density at radius 1 is 0.354 bits per heavy atom. The van der Waals surface area contributed by atoms with E-state index in [9.17, 15) is 0 Å². The van der Waals surface area contributed by atoms with Crippen molar-refractivity contribution in [1.82, 2.24) is 4.57 Å². The fourth-order valence-electron chi connectivity index (χ4n) is 8.14. The van der Waals surface area contributed by atoms with Crippen molar-refractivity contribution in [1.29, 1.82) is 0 Å². The van der Waals surface area contributed by atoms with E-state index in [0.717, 1.165) is 5.69 Å². The van der Waals surface area contributed by atoms with Crippen LogP contribution < -0.4 is 0 Å². The maximum atomic E-state index is 2.45. The lowest BCUT2D eigenvalue weighted by Crippen LogP contribution is -1.95. The van der Waals surface area contributed by atoms with Crippen LogP contribution in [0.2, 0.25) is 0 Å². The van der Waals surface area contributed by atoms with Crippen molar-refractivity contribution in [3.63, 3.8) is 0 Å². The molecule has 0 aliphatic heterocycles. The van der Waals surface area contributed by atoms with E-state index in [4.69, 9.17) is 0 Å². The van der Waals surface area contributed by atoms with Crippen LogP contribution in [0.15, 0.2) is 170 Å². The predicted molar refractivity (Wildman–Crippen MR) is 206 cm³/mol. The molecule has 0 saturated carbocycles. The van der Waals surface area contributed by atoms with Crippen LogP contribution in [-0.4, -0.2) is 4.57 Å². The van der Waals surface area contributed by atoms with Gasteiger partial charge in [-0.1, -0.05) is 151 Å². The molecule has 10 rings (SSSR count). The van der Waals surface area contributed by atoms with Gasteiger partial charge in [-0.15, -0.1) is 0 Å². The number of benzene rings is 9. The van der Waals surface area contributed by atoms with Gasteiger partial charge in [-0.2, -0.15) is 0 Å². The Hall–Kier alpha value is -6.18. The van der Waals surface area contributed by atoms with E-state index < -0.39 is 0 Å². The van der Waals surface area contributed by atoms with Gasteiger partial charge in [0.05, 0.1) is 11.0 Å². The zero-order valence-electron chi connectivity index (χ0n) is 26.6. The molecule has 0 aliphatic carbocycles. The molecule has 1 nitrogen and oxygen atoms in total. The van der Waals surface area contributed by atoms with E-state index in [2.05, 4.69) is 181 Å². The molecule has 0 amide bonds. The zero-order valence-corrected chi connectivity index (χ0v) is 26.6. The van der Waals surface area contributed by atoms with Crippen molar-refractivity contribution in [2.24, 2.45) is 0 Å². The van der Waals surface area contributed by atoms with Gasteiger partial charge in [-0.05, 0) is 96.5 Å². The Labute approximate surface area is 278 Å². The molecule has 10 aromatic rings. The smallest absolute Gasteiger partial charge is 0.0547 e. The lowest BCUT2D eigenvalue weighted by molar-refractivity contribution is 1.18. The first-order valence-corrected chi connectivity index (χ1v) is 16.7. The van der Waals surface area contributed by atoms with E-state index in [1.165, 1.54) is 92.7 Å². The molecule has 0 fully saturated rings. The highest BCUT2D eigenvalue weighted by Gasteiger charge is 2.19. The van der Waals surface area contributed by atoms with Gasteiger partial charge < -0.3 is 4.57 Å². The Kier molecular flexibility index (Phi) is 5.86. The van der Waals surface area contributed by atoms with Crippen LogP contribution >= 0.6 is 0 Å². The summed E-state index contributed by atoms with van der Waals surface area (Å²) in [5.74, 6) is 0. The molecule has 0 bridgehead atoms. The monoisotopic (exact) mass is 609 g/mol. The van der Waals surface area contributed by atoms with Crippen LogP contribution in [0.5, 0.6) is 0 Å². The minimum absolute atomic E-state index is 1.16. The molecule has 224 valence electrons. The third kappa shape index (κ3) is 3.91. The van der Waals surface area contributed by atoms with Gasteiger partial charge in [0.2, 0.25) is 0 Å². The fourth-order valence-corrected chi connectivity index (χ4v) is 8.14. The number of hydrogen-bond acceptors (Lipinski definition) is 0. The quantitative estimate of drug-likeness (QED) is 0.176. The van der Waals surface area contributed by atoms with Crippen molar-refractivity contribution in [2.75, 3.05) is 0 Å². The Bertz CT molecular complexity index is 2820. The zero-order chi connectivity index (χ0) is 31.8. The molecular weight excluding hydrogens is 579 g/mol. The first-order chi connectivity index (χ1) is 23.7. The first kappa shape index (κ1) is 27.0. The Morgan fingerprint density at radius 3 is 1.44 bits per heavy atom. The Morgan fingerprint density at radius 2 is 0.833 bits per heavy atom. The van der Waals surface area contributed by atoms with Gasteiger partial charge in [0.15, 0.2) is 0 Å². The summed E-state index contributed by atoms with van der Waals surface area (Å²) in [5.41, 5.74) is 9.94. The van der Waals surface area contributed by atoms with Crippen LogP contribution in [-0.2, 0) is 0 Å². The topological polar surface area (TPSA) is 4.93 Å². The van der Waals surface area contributed by atoms with E-state index in [1.807, 2.05) is 0 Å². The number of nitrogens with zero attached hydrogens (tertiary/aromatic N) is 1. The van der Waals surface area contributed by atoms with Crippen LogP contribution in [0.1, 0.15) is 5.56 Å². The Balaban J connectivity index is 1.24. The maximum Gasteiger partial charge on any atom is 0.0547 e. The van der Waals surface area contributed by atoms with Crippen LogP contribution in [0.4, 0.5) is 0 Å². The number of rotatable bonds is 3. The van der Waals surface area contributed by atoms with Crippen molar-refractivity contribution in [3.8, 4) is 27.9 Å². The van der Waals surface area contributed by atoms with Crippen LogP contribution in [0, 0.1) is 6.92 Å². The molecule has 0 unspecified atom stereocenters. The molecule has 1 aromatic heterocycles. The highest BCUT2D eigenvalue weighted by atomic mass is 15.0. The third-order valence-corrected chi connectivity index (χ3v) is 10.2. The van der Waals surface area contributed by atoms with E-state index in [1.54, 1.807) is 0 Å². The van der Waals surface area contributed by atoms with Gasteiger partial charge >= 0.3 is 0 Å². The predicted octanol–water partition coefficient (Wildman–Crippen LogP) is 13.0. The summed E-state index contributed by atoms with van der Waals surface area (Å²) in [6.07, 6.45) is 0. The molecule has 0 atom stereocenters. The molecule has 0 aliphatic rings. The molecule has 0 saturated heterocycles. The highest BCUT2D eigenvalue weighted by molar-refractivity contribution is 6.28. The molecule has 1 heterocycles. The van der Waals surface area contributed by atoms with Crippen molar-refractivity contribution >= 4 is 64.9 Å². The summed E-state index contributed by atoms with van der Waals surface area (Å²) in [6, 6.07) is 62.6. The van der Waals surface area contributed by atoms with Gasteiger partial charge in [0.1, 0.15) is 0 Å². The molecule has 0 spiro atoms. The van der Waals surface area contributed by atoms with E-state index in [-0.39, 0.29) is 0 Å². The van der Waals surface area contributed by atoms with Crippen LogP contribution in [0.3, 0.4) is 0 Å². The summed E-state index contributed by atoms with van der Waals surface area (Å²) < 4.78 is 2.45. The first-order valence-electron chi connectivity index (χ1n) is 16.7. The van der Waals surface area contributed by atoms with Gasteiger partial charge in [0.25, 0.3) is 0 Å². The fraction of sp³-hybridized carbons (Fsp3) is 0.0213. The lowest BCUT2D eigenvalue weighted by Gasteiger charge is -2.18. The number of aryl methyl sites for hydroxylation is 1. The number of aromatic nitrogens is 1. The van der Waals surface area contributed by atoms with E-state index in [0.29, 0.717) is 0 Å². The standard InChI is InChI=1S/C47H31N/c1-30-19-26-37-34(29-30)23-28-43-47(37)46-36-14-6-5-11-31(36)22-27-42(46)48(43)35-24-20-33(21-25-35)45-40-17-9-7-15-38(40)44(32-12-3-2-4-13-32)39-16-8-10-18-41(39)45/h2-29H,1H3. The summed E-state index contributed by atoms with van der Waals surface area (Å²) in [7, 11) is 0. The van der Waals surface area contributed by atoms with Crippen molar-refractivity contribution in [2.45, 2.75) is 6.92 Å². The maximum absolute atomic E-state index is 2.45. The second-order valence-electron chi connectivity index (χ2n) is 13.0. The molecule has 0 radical (unpaired) electrons. The largest absolute Gasteiger partial charge is 0.309 e. The van der Waals surface area contributed by atoms with Crippen molar-refractivity contribution in [3.05, 3.63) is 175 Å². The highest BCUT2D eigenvalue weighted by Crippen LogP contribution is 2.45. The second-order valence-corrected chi connectivity index (χ2v) is 13.0. The SMILES string of the molecule is Cc1ccc2c(ccc3c2c2c4ccccc4ccc2n3-c2ccc(-c3c4ccccc4c(-c4ccccc4)c4ccccc34)cc2)c1. The minimum Gasteiger partial charge on any atom is -0.309 e. The summed E-state index contributed by atoms with van der Waals surface area (Å²) in [6.45, 7) is 2.17. The molecule has 48 heavy (non-hydrogen) atoms. The molecule has 9 aromatic carbocycles. The second kappa shape index (κ2) is 10.4. The average molecular weight is 610 g/mol. The van der Waals surface area contributed by atoms with Gasteiger partial charge in [-0.25, -0.2) is 0 Å². The van der Waals surface area contributed by atoms with E-state index >= 15 is 0 Å². The minimum atomic E-state index is 1.16. The summed E-state index contributed by atoms with van der Waals surface area (Å²) in [4.78, 5) is 0. The van der Waals surface area contributed by atoms with Gasteiger partial charge in [-0.3, -0.25) is 0 Å². The summed E-state index contributed by atoms with van der Waals surface area (Å²) in [5, 5.41) is 12.9. The molecule has 0 N–H and O–H groups in total. The third-order valence-electron chi connectivity index (χ3n) is 10.2. The number of fused-ring (bicyclic) bond motifs is 9.